The van der Waals surface area contributed by atoms with E-state index < -0.39 is 0 Å². The third-order valence-electron chi connectivity index (χ3n) is 2.72. The van der Waals surface area contributed by atoms with Gasteiger partial charge in [0, 0.05) is 19.0 Å². The SMILES string of the molecule is COc1ccc(OC)c(CCN(C)CCCl)c1. The molecule has 0 unspecified atom stereocenters. The van der Waals surface area contributed by atoms with Crippen LogP contribution in [0.15, 0.2) is 18.2 Å². The molecule has 0 N–H and O–H groups in total. The average Bonchev–Trinajstić information content (AvgIpc) is 2.36. The van der Waals surface area contributed by atoms with Crippen molar-refractivity contribution in [2.24, 2.45) is 0 Å². The maximum atomic E-state index is 5.70. The second kappa shape index (κ2) is 7.41. The summed E-state index contributed by atoms with van der Waals surface area (Å²) in [6, 6.07) is 5.87. The molecule has 0 spiro atoms. The minimum atomic E-state index is 0.658. The van der Waals surface area contributed by atoms with Crippen molar-refractivity contribution < 1.29 is 9.47 Å². The van der Waals surface area contributed by atoms with Crippen molar-refractivity contribution in [3.05, 3.63) is 23.8 Å². The second-order valence-corrected chi connectivity index (χ2v) is 4.30. The van der Waals surface area contributed by atoms with Crippen LogP contribution in [0.5, 0.6) is 11.5 Å². The topological polar surface area (TPSA) is 21.7 Å². The van der Waals surface area contributed by atoms with Gasteiger partial charge in [-0.25, -0.2) is 0 Å². The zero-order chi connectivity index (χ0) is 12.7. The first-order valence-electron chi connectivity index (χ1n) is 5.66. The van der Waals surface area contributed by atoms with Crippen molar-refractivity contribution in [1.29, 1.82) is 0 Å². The van der Waals surface area contributed by atoms with Crippen molar-refractivity contribution in [3.63, 3.8) is 0 Å². The number of benzene rings is 1. The third kappa shape index (κ3) is 4.44. The number of hydrogen-bond donors (Lipinski definition) is 0. The number of methoxy groups -OCH3 is 2. The Morgan fingerprint density at radius 2 is 1.94 bits per heavy atom. The molecule has 0 bridgehead atoms. The summed E-state index contributed by atoms with van der Waals surface area (Å²) in [4.78, 5) is 2.20. The van der Waals surface area contributed by atoms with E-state index in [9.17, 15) is 0 Å². The first-order chi connectivity index (χ1) is 8.21. The first-order valence-corrected chi connectivity index (χ1v) is 6.20. The number of ether oxygens (including phenoxy) is 2. The standard InChI is InChI=1S/C13H20ClNO2/c1-15(9-7-14)8-6-11-10-12(16-2)4-5-13(11)17-3/h4-5,10H,6-9H2,1-3H3. The molecule has 1 aromatic carbocycles. The lowest BCUT2D eigenvalue weighted by atomic mass is 10.1. The molecule has 96 valence electrons. The maximum Gasteiger partial charge on any atom is 0.122 e. The summed E-state index contributed by atoms with van der Waals surface area (Å²) in [7, 11) is 5.42. The summed E-state index contributed by atoms with van der Waals surface area (Å²) in [6.45, 7) is 1.85. The monoisotopic (exact) mass is 257 g/mol. The van der Waals surface area contributed by atoms with Crippen LogP contribution in [0.25, 0.3) is 0 Å². The molecule has 17 heavy (non-hydrogen) atoms. The molecule has 3 nitrogen and oxygen atoms in total. The zero-order valence-corrected chi connectivity index (χ0v) is 11.5. The van der Waals surface area contributed by atoms with E-state index in [1.807, 2.05) is 18.2 Å². The van der Waals surface area contributed by atoms with Crippen LogP contribution in [-0.2, 0) is 6.42 Å². The predicted octanol–water partition coefficient (Wildman–Crippen LogP) is 2.42. The fourth-order valence-corrected chi connectivity index (χ4v) is 1.93. The van der Waals surface area contributed by atoms with Crippen LogP contribution in [0.3, 0.4) is 0 Å². The molecule has 1 rings (SSSR count). The van der Waals surface area contributed by atoms with Gasteiger partial charge in [0.1, 0.15) is 11.5 Å². The van der Waals surface area contributed by atoms with E-state index in [1.54, 1.807) is 14.2 Å². The third-order valence-corrected chi connectivity index (χ3v) is 2.89. The van der Waals surface area contributed by atoms with Gasteiger partial charge < -0.3 is 14.4 Å². The number of likely N-dealkylation sites (N-methyl/N-ethyl adjacent to an activating group) is 1. The molecule has 0 saturated heterocycles. The fourth-order valence-electron chi connectivity index (χ4n) is 1.64. The molecule has 1 aromatic rings. The molecule has 4 heteroatoms. The number of hydrogen-bond acceptors (Lipinski definition) is 3. The highest BCUT2D eigenvalue weighted by molar-refractivity contribution is 6.18. The van der Waals surface area contributed by atoms with Crippen molar-refractivity contribution in [3.8, 4) is 11.5 Å². The van der Waals surface area contributed by atoms with Crippen LogP contribution in [0.4, 0.5) is 0 Å². The highest BCUT2D eigenvalue weighted by Crippen LogP contribution is 2.24. The normalized spacial score (nSPS) is 10.6. The highest BCUT2D eigenvalue weighted by Gasteiger charge is 2.06. The second-order valence-electron chi connectivity index (χ2n) is 3.92. The Morgan fingerprint density at radius 1 is 1.18 bits per heavy atom. The van der Waals surface area contributed by atoms with Crippen molar-refractivity contribution >= 4 is 11.6 Å². The van der Waals surface area contributed by atoms with Gasteiger partial charge in [-0.1, -0.05) is 0 Å². The van der Waals surface area contributed by atoms with E-state index in [-0.39, 0.29) is 0 Å². The van der Waals surface area contributed by atoms with Crippen LogP contribution in [-0.4, -0.2) is 45.1 Å². The van der Waals surface area contributed by atoms with Gasteiger partial charge in [-0.05, 0) is 37.2 Å². The molecule has 0 aliphatic carbocycles. The lowest BCUT2D eigenvalue weighted by Gasteiger charge is -2.16. The fraction of sp³-hybridized carbons (Fsp3) is 0.538. The predicted molar refractivity (Wildman–Crippen MR) is 71.5 cm³/mol. The summed E-state index contributed by atoms with van der Waals surface area (Å²) in [5, 5.41) is 0. The minimum Gasteiger partial charge on any atom is -0.497 e. The lowest BCUT2D eigenvalue weighted by Crippen LogP contribution is -2.23. The highest BCUT2D eigenvalue weighted by atomic mass is 35.5. The van der Waals surface area contributed by atoms with Gasteiger partial charge in [0.25, 0.3) is 0 Å². The van der Waals surface area contributed by atoms with E-state index >= 15 is 0 Å². The van der Waals surface area contributed by atoms with Crippen LogP contribution < -0.4 is 9.47 Å². The molecule has 0 aliphatic heterocycles. The van der Waals surface area contributed by atoms with Gasteiger partial charge in [0.2, 0.25) is 0 Å². The zero-order valence-electron chi connectivity index (χ0n) is 10.7. The Kier molecular flexibility index (Phi) is 6.16. The summed E-state index contributed by atoms with van der Waals surface area (Å²) in [6.07, 6.45) is 0.924. The van der Waals surface area contributed by atoms with Crippen LogP contribution in [0.1, 0.15) is 5.56 Å². The van der Waals surface area contributed by atoms with E-state index in [4.69, 9.17) is 21.1 Å². The van der Waals surface area contributed by atoms with Crippen molar-refractivity contribution in [2.75, 3.05) is 40.2 Å². The first kappa shape index (κ1) is 14.1. The summed E-state index contributed by atoms with van der Waals surface area (Å²) < 4.78 is 10.6. The molecule has 0 radical (unpaired) electrons. The Balaban J connectivity index is 2.67. The number of nitrogens with zero attached hydrogens (tertiary/aromatic N) is 1. The summed E-state index contributed by atoms with van der Waals surface area (Å²) >= 11 is 5.70. The molecular weight excluding hydrogens is 238 g/mol. The Morgan fingerprint density at radius 3 is 2.53 bits per heavy atom. The number of halogens is 1. The maximum absolute atomic E-state index is 5.70. The van der Waals surface area contributed by atoms with Gasteiger partial charge in [0.05, 0.1) is 14.2 Å². The Labute approximate surface area is 108 Å². The lowest BCUT2D eigenvalue weighted by molar-refractivity contribution is 0.353. The van der Waals surface area contributed by atoms with Crippen LogP contribution >= 0.6 is 11.6 Å². The Hall–Kier alpha value is -0.930. The molecular formula is C13H20ClNO2. The van der Waals surface area contributed by atoms with E-state index in [0.717, 1.165) is 36.6 Å². The van der Waals surface area contributed by atoms with E-state index in [1.165, 1.54) is 0 Å². The van der Waals surface area contributed by atoms with E-state index in [0.29, 0.717) is 5.88 Å². The number of rotatable bonds is 7. The van der Waals surface area contributed by atoms with Gasteiger partial charge in [0.15, 0.2) is 0 Å². The van der Waals surface area contributed by atoms with Gasteiger partial charge >= 0.3 is 0 Å². The van der Waals surface area contributed by atoms with E-state index in [2.05, 4.69) is 11.9 Å². The molecule has 0 amide bonds. The van der Waals surface area contributed by atoms with Crippen LogP contribution in [0.2, 0.25) is 0 Å². The molecule has 0 atom stereocenters. The average molecular weight is 258 g/mol. The quantitative estimate of drug-likeness (QED) is 0.701. The number of alkyl halides is 1. The van der Waals surface area contributed by atoms with Crippen molar-refractivity contribution in [2.45, 2.75) is 6.42 Å². The smallest absolute Gasteiger partial charge is 0.122 e. The molecule has 0 fully saturated rings. The van der Waals surface area contributed by atoms with Crippen LogP contribution in [0, 0.1) is 0 Å². The van der Waals surface area contributed by atoms with Gasteiger partial charge in [-0.2, -0.15) is 0 Å². The summed E-state index contributed by atoms with van der Waals surface area (Å²) in [5.74, 6) is 2.43. The molecule has 0 heterocycles. The Bertz CT molecular complexity index is 344. The molecule has 0 aliphatic rings. The summed E-state index contributed by atoms with van der Waals surface area (Å²) in [5.41, 5.74) is 1.16. The molecule has 0 aromatic heterocycles. The minimum absolute atomic E-state index is 0.658. The van der Waals surface area contributed by atoms with Gasteiger partial charge in [-0.3, -0.25) is 0 Å². The van der Waals surface area contributed by atoms with Gasteiger partial charge in [-0.15, -0.1) is 11.6 Å². The largest absolute Gasteiger partial charge is 0.497 e. The van der Waals surface area contributed by atoms with Crippen molar-refractivity contribution in [1.82, 2.24) is 4.90 Å². The molecule has 0 saturated carbocycles.